The van der Waals surface area contributed by atoms with Crippen LogP contribution in [0.1, 0.15) is 5.56 Å². The third-order valence-electron chi connectivity index (χ3n) is 2.57. The molecule has 0 saturated carbocycles. The normalized spacial score (nSPS) is 10.6. The van der Waals surface area contributed by atoms with Crippen LogP contribution in [0.15, 0.2) is 43.0 Å². The second-order valence-corrected chi connectivity index (χ2v) is 3.85. The van der Waals surface area contributed by atoms with E-state index in [9.17, 15) is 0 Å². The molecule has 0 amide bonds. The lowest BCUT2D eigenvalue weighted by atomic mass is 10.1. The Morgan fingerprint density at radius 1 is 0.941 bits per heavy atom. The molecule has 0 radical (unpaired) electrons. The van der Waals surface area contributed by atoms with E-state index in [1.165, 1.54) is 11.9 Å². The van der Waals surface area contributed by atoms with Crippen molar-refractivity contribution in [1.82, 2.24) is 19.9 Å². The zero-order valence-electron chi connectivity index (χ0n) is 9.33. The molecule has 2 aromatic heterocycles. The van der Waals surface area contributed by atoms with E-state index >= 15 is 0 Å². The summed E-state index contributed by atoms with van der Waals surface area (Å²) >= 11 is 0. The number of rotatable bonds is 1. The van der Waals surface area contributed by atoms with Crippen LogP contribution < -0.4 is 0 Å². The van der Waals surface area contributed by atoms with Gasteiger partial charge in [-0.1, -0.05) is 29.8 Å². The number of hydrogen-bond donors (Lipinski definition) is 0. The fourth-order valence-corrected chi connectivity index (χ4v) is 1.63. The van der Waals surface area contributed by atoms with E-state index in [1.54, 1.807) is 12.4 Å². The molecular formula is C13H10N4. The minimum Gasteiger partial charge on any atom is -0.249 e. The summed E-state index contributed by atoms with van der Waals surface area (Å²) < 4.78 is 0. The minimum atomic E-state index is 0.623. The number of aryl methyl sites for hydroxylation is 1. The molecule has 4 nitrogen and oxygen atoms in total. The molecule has 2 heterocycles. The number of hydrogen-bond acceptors (Lipinski definition) is 4. The zero-order valence-corrected chi connectivity index (χ0v) is 9.33. The van der Waals surface area contributed by atoms with Crippen LogP contribution in [0.4, 0.5) is 0 Å². The number of benzene rings is 1. The van der Waals surface area contributed by atoms with Gasteiger partial charge in [0.05, 0.1) is 18.1 Å². The zero-order chi connectivity index (χ0) is 11.7. The molecule has 0 unspecified atom stereocenters. The molecule has 0 aliphatic heterocycles. The number of aromatic nitrogens is 4. The predicted molar refractivity (Wildman–Crippen MR) is 65.3 cm³/mol. The van der Waals surface area contributed by atoms with Crippen LogP contribution in [0.3, 0.4) is 0 Å². The monoisotopic (exact) mass is 222 g/mol. The summed E-state index contributed by atoms with van der Waals surface area (Å²) in [5.41, 5.74) is 4.44. The molecule has 3 rings (SSSR count). The first-order valence-corrected chi connectivity index (χ1v) is 5.33. The third kappa shape index (κ3) is 1.85. The van der Waals surface area contributed by atoms with Crippen molar-refractivity contribution in [3.8, 4) is 11.3 Å². The summed E-state index contributed by atoms with van der Waals surface area (Å²) in [6.45, 7) is 2.06. The first-order valence-electron chi connectivity index (χ1n) is 5.33. The predicted octanol–water partition coefficient (Wildman–Crippen LogP) is 2.40. The second kappa shape index (κ2) is 3.90. The van der Waals surface area contributed by atoms with Gasteiger partial charge in [0.1, 0.15) is 11.8 Å². The molecule has 17 heavy (non-hydrogen) atoms. The molecule has 0 aliphatic rings. The highest BCUT2D eigenvalue weighted by Gasteiger charge is 2.02. The molecule has 82 valence electrons. The Kier molecular flexibility index (Phi) is 2.26. The van der Waals surface area contributed by atoms with Crippen molar-refractivity contribution in [2.75, 3.05) is 0 Å². The van der Waals surface area contributed by atoms with Gasteiger partial charge < -0.3 is 0 Å². The van der Waals surface area contributed by atoms with Crippen molar-refractivity contribution in [1.29, 1.82) is 0 Å². The highest BCUT2D eigenvalue weighted by Crippen LogP contribution is 2.18. The lowest BCUT2D eigenvalue weighted by Crippen LogP contribution is -1.91. The maximum atomic E-state index is 4.46. The van der Waals surface area contributed by atoms with Crippen LogP contribution in [0.25, 0.3) is 22.4 Å². The molecule has 0 N–H and O–H groups in total. The minimum absolute atomic E-state index is 0.623. The summed E-state index contributed by atoms with van der Waals surface area (Å²) in [6, 6.07) is 8.18. The van der Waals surface area contributed by atoms with Gasteiger partial charge in [-0.15, -0.1) is 0 Å². The van der Waals surface area contributed by atoms with Gasteiger partial charge in [0.25, 0.3) is 0 Å². The standard InChI is InChI=1S/C13H10N4/c1-9-2-4-10(5-3-9)11-7-15-12-6-14-8-16-13(12)17-11/h2-8H,1H3. The van der Waals surface area contributed by atoms with E-state index in [-0.39, 0.29) is 0 Å². The highest BCUT2D eigenvalue weighted by atomic mass is 14.9. The average molecular weight is 222 g/mol. The van der Waals surface area contributed by atoms with E-state index in [0.717, 1.165) is 11.3 Å². The van der Waals surface area contributed by atoms with Gasteiger partial charge >= 0.3 is 0 Å². The lowest BCUT2D eigenvalue weighted by Gasteiger charge is -2.01. The number of nitrogens with zero attached hydrogens (tertiary/aromatic N) is 4. The van der Waals surface area contributed by atoms with Gasteiger partial charge in [0, 0.05) is 5.56 Å². The van der Waals surface area contributed by atoms with Crippen molar-refractivity contribution in [3.05, 3.63) is 48.5 Å². The fourth-order valence-electron chi connectivity index (χ4n) is 1.63. The van der Waals surface area contributed by atoms with Crippen LogP contribution in [-0.4, -0.2) is 19.9 Å². The van der Waals surface area contributed by atoms with Crippen molar-refractivity contribution >= 4 is 11.2 Å². The maximum Gasteiger partial charge on any atom is 0.181 e. The van der Waals surface area contributed by atoms with Gasteiger partial charge in [-0.25, -0.2) is 19.9 Å². The first-order chi connectivity index (χ1) is 8.33. The van der Waals surface area contributed by atoms with E-state index < -0.39 is 0 Å². The van der Waals surface area contributed by atoms with E-state index in [0.29, 0.717) is 11.2 Å². The molecule has 0 fully saturated rings. The van der Waals surface area contributed by atoms with E-state index in [1.807, 2.05) is 12.1 Å². The van der Waals surface area contributed by atoms with Gasteiger partial charge in [-0.05, 0) is 6.92 Å². The molecule has 0 saturated heterocycles. The Morgan fingerprint density at radius 2 is 1.76 bits per heavy atom. The summed E-state index contributed by atoms with van der Waals surface area (Å²) in [7, 11) is 0. The van der Waals surface area contributed by atoms with Crippen molar-refractivity contribution in [2.45, 2.75) is 6.92 Å². The Morgan fingerprint density at radius 3 is 2.59 bits per heavy atom. The van der Waals surface area contributed by atoms with Crippen molar-refractivity contribution in [2.24, 2.45) is 0 Å². The van der Waals surface area contributed by atoms with Crippen LogP contribution >= 0.6 is 0 Å². The summed E-state index contributed by atoms with van der Waals surface area (Å²) in [5.74, 6) is 0. The molecule has 0 aliphatic carbocycles. The van der Waals surface area contributed by atoms with E-state index in [4.69, 9.17) is 0 Å². The molecule has 1 aromatic carbocycles. The van der Waals surface area contributed by atoms with Crippen LogP contribution in [-0.2, 0) is 0 Å². The van der Waals surface area contributed by atoms with E-state index in [2.05, 4.69) is 39.0 Å². The lowest BCUT2D eigenvalue weighted by molar-refractivity contribution is 1.15. The highest BCUT2D eigenvalue weighted by molar-refractivity contribution is 5.72. The largest absolute Gasteiger partial charge is 0.249 e. The first kappa shape index (κ1) is 9.84. The number of fused-ring (bicyclic) bond motifs is 1. The molecule has 0 bridgehead atoms. The fraction of sp³-hybridized carbons (Fsp3) is 0.0769. The van der Waals surface area contributed by atoms with Gasteiger partial charge in [0.15, 0.2) is 5.65 Å². The summed E-state index contributed by atoms with van der Waals surface area (Å²) in [4.78, 5) is 16.8. The molecule has 0 spiro atoms. The summed E-state index contributed by atoms with van der Waals surface area (Å²) in [5, 5.41) is 0. The Balaban J connectivity index is 2.14. The Bertz CT molecular complexity index is 662. The topological polar surface area (TPSA) is 51.6 Å². The Hall–Kier alpha value is -2.36. The maximum absolute atomic E-state index is 4.46. The van der Waals surface area contributed by atoms with Gasteiger partial charge in [-0.2, -0.15) is 0 Å². The van der Waals surface area contributed by atoms with Crippen LogP contribution in [0.5, 0.6) is 0 Å². The third-order valence-corrected chi connectivity index (χ3v) is 2.57. The molecular weight excluding hydrogens is 212 g/mol. The second-order valence-electron chi connectivity index (χ2n) is 3.85. The summed E-state index contributed by atoms with van der Waals surface area (Å²) in [6.07, 6.45) is 4.89. The van der Waals surface area contributed by atoms with Crippen LogP contribution in [0.2, 0.25) is 0 Å². The van der Waals surface area contributed by atoms with Gasteiger partial charge in [-0.3, -0.25) is 0 Å². The molecule has 3 aromatic rings. The SMILES string of the molecule is Cc1ccc(-c2cnc3cncnc3n2)cc1. The smallest absolute Gasteiger partial charge is 0.181 e. The quantitative estimate of drug-likeness (QED) is 0.634. The Labute approximate surface area is 98.4 Å². The van der Waals surface area contributed by atoms with Crippen molar-refractivity contribution in [3.63, 3.8) is 0 Å². The van der Waals surface area contributed by atoms with Gasteiger partial charge in [0.2, 0.25) is 0 Å². The van der Waals surface area contributed by atoms with Crippen molar-refractivity contribution < 1.29 is 0 Å². The average Bonchev–Trinajstić information content (AvgIpc) is 2.39. The molecule has 0 atom stereocenters. The molecule has 4 heteroatoms. The van der Waals surface area contributed by atoms with Crippen LogP contribution in [0, 0.1) is 6.92 Å².